The summed E-state index contributed by atoms with van der Waals surface area (Å²) in [6.07, 6.45) is 2.11. The van der Waals surface area contributed by atoms with E-state index >= 15 is 0 Å². The molecule has 0 aliphatic heterocycles. The van der Waals surface area contributed by atoms with E-state index in [-0.39, 0.29) is 43.8 Å². The van der Waals surface area contributed by atoms with Crippen LogP contribution in [-0.2, 0) is 9.09 Å². The Labute approximate surface area is 141 Å². The van der Waals surface area contributed by atoms with E-state index in [0.717, 1.165) is 6.42 Å². The Morgan fingerprint density at radius 3 is 1.72 bits per heavy atom. The molecule has 0 radical (unpaired) electrons. The molecule has 2 N–H and O–H groups in total. The van der Waals surface area contributed by atoms with E-state index < -0.39 is 7.82 Å². The van der Waals surface area contributed by atoms with Crippen LogP contribution in [0.1, 0.15) is 53.9 Å². The van der Waals surface area contributed by atoms with Crippen LogP contribution in [0.2, 0.25) is 0 Å². The van der Waals surface area contributed by atoms with Gasteiger partial charge < -0.3 is 9.79 Å². The van der Waals surface area contributed by atoms with Crippen molar-refractivity contribution >= 4 is 45.6 Å². The van der Waals surface area contributed by atoms with Crippen LogP contribution >= 0.6 is 7.82 Å². The Balaban J connectivity index is 0. The molecule has 0 rings (SSSR count). The first-order valence-electron chi connectivity index (χ1n) is 6.34. The quantitative estimate of drug-likeness (QED) is 0.534. The monoisotopic (exact) mass is 308 g/mol. The number of hydrogen-bond acceptors (Lipinski definition) is 2. The zero-order chi connectivity index (χ0) is 13.6. The zero-order valence-corrected chi connectivity index (χ0v) is 12.5. The van der Waals surface area contributed by atoms with Gasteiger partial charge in [-0.2, -0.15) is 0 Å². The Hall–Kier alpha value is 1.37. The predicted molar refractivity (Wildman–Crippen MR) is 78.2 cm³/mol. The number of phosphoric acid groups is 1. The number of phosphoric ester groups is 1. The third-order valence-corrected chi connectivity index (χ3v) is 3.13. The molecule has 2 unspecified atom stereocenters. The fraction of sp³-hybridized carbons (Fsp3) is 1.00. The summed E-state index contributed by atoms with van der Waals surface area (Å²) in [5.74, 6) is 1.39. The van der Waals surface area contributed by atoms with Gasteiger partial charge in [0, 0.05) is 0 Å². The van der Waals surface area contributed by atoms with Gasteiger partial charge in [-0.05, 0) is 37.0 Å². The molecule has 0 fully saturated rings. The predicted octanol–water partition coefficient (Wildman–Crippen LogP) is 2.67. The third kappa shape index (κ3) is 13.8. The van der Waals surface area contributed by atoms with Crippen molar-refractivity contribution in [2.75, 3.05) is 0 Å². The molecule has 0 saturated heterocycles. The molecule has 0 aliphatic rings. The second-order valence-corrected chi connectivity index (χ2v) is 7.01. The van der Waals surface area contributed by atoms with Gasteiger partial charge in [0.1, 0.15) is 0 Å². The molecule has 0 heterocycles. The maximum atomic E-state index is 10.9. The molecular formula is C12H29CaO4P. The van der Waals surface area contributed by atoms with E-state index in [2.05, 4.69) is 20.8 Å². The van der Waals surface area contributed by atoms with Crippen LogP contribution in [0.15, 0.2) is 0 Å². The summed E-state index contributed by atoms with van der Waals surface area (Å²) in [5.41, 5.74) is 0. The van der Waals surface area contributed by atoms with Gasteiger partial charge in [0.15, 0.2) is 0 Å². The average molecular weight is 308 g/mol. The first kappa shape index (κ1) is 21.7. The molecule has 0 bridgehead atoms. The van der Waals surface area contributed by atoms with Crippen LogP contribution in [0.4, 0.5) is 0 Å². The SMILES string of the molecule is CC(C)CC(C)CC(CC(C)C)OP(=O)(O)O.[CaH2]. The first-order valence-corrected chi connectivity index (χ1v) is 7.87. The van der Waals surface area contributed by atoms with E-state index in [0.29, 0.717) is 30.6 Å². The third-order valence-electron chi connectivity index (χ3n) is 2.56. The summed E-state index contributed by atoms with van der Waals surface area (Å²) in [6, 6.07) is 0. The first-order chi connectivity index (χ1) is 7.60. The van der Waals surface area contributed by atoms with Gasteiger partial charge in [0.2, 0.25) is 0 Å². The second-order valence-electron chi connectivity index (χ2n) is 5.82. The van der Waals surface area contributed by atoms with E-state index in [1.165, 1.54) is 0 Å². The minimum absolute atomic E-state index is 0. The molecule has 0 spiro atoms. The van der Waals surface area contributed by atoms with E-state index in [4.69, 9.17) is 14.3 Å². The molecule has 18 heavy (non-hydrogen) atoms. The van der Waals surface area contributed by atoms with Crippen LogP contribution in [0.5, 0.6) is 0 Å². The van der Waals surface area contributed by atoms with Crippen molar-refractivity contribution in [1.82, 2.24) is 0 Å². The molecule has 0 aromatic rings. The number of rotatable bonds is 8. The zero-order valence-electron chi connectivity index (χ0n) is 11.6. The van der Waals surface area contributed by atoms with Crippen LogP contribution in [0.25, 0.3) is 0 Å². The van der Waals surface area contributed by atoms with Gasteiger partial charge in [-0.15, -0.1) is 0 Å². The van der Waals surface area contributed by atoms with Crippen LogP contribution in [0, 0.1) is 17.8 Å². The molecular weight excluding hydrogens is 279 g/mol. The van der Waals surface area contributed by atoms with Crippen molar-refractivity contribution in [1.29, 1.82) is 0 Å². The van der Waals surface area contributed by atoms with Crippen molar-refractivity contribution < 1.29 is 18.9 Å². The number of hydrogen-bond donors (Lipinski definition) is 2. The molecule has 2 atom stereocenters. The molecule has 0 aromatic carbocycles. The Kier molecular flexibility index (Phi) is 12.2. The van der Waals surface area contributed by atoms with Gasteiger partial charge in [-0.3, -0.25) is 4.52 Å². The summed E-state index contributed by atoms with van der Waals surface area (Å²) >= 11 is 0. The molecule has 0 saturated carbocycles. The molecule has 6 heteroatoms. The van der Waals surface area contributed by atoms with Crippen LogP contribution in [-0.4, -0.2) is 53.6 Å². The fourth-order valence-electron chi connectivity index (χ4n) is 2.25. The normalized spacial score (nSPS) is 15.6. The van der Waals surface area contributed by atoms with Gasteiger partial charge in [0.25, 0.3) is 0 Å². The van der Waals surface area contributed by atoms with Crippen molar-refractivity contribution in [2.45, 2.75) is 60.0 Å². The second kappa shape index (κ2) is 10.1. The van der Waals surface area contributed by atoms with Crippen LogP contribution < -0.4 is 0 Å². The Morgan fingerprint density at radius 1 is 0.944 bits per heavy atom. The molecule has 4 nitrogen and oxygen atoms in total. The summed E-state index contributed by atoms with van der Waals surface area (Å²) in [5, 5.41) is 0. The van der Waals surface area contributed by atoms with E-state index in [9.17, 15) is 4.57 Å². The standard InChI is InChI=1S/C12H27O4P.Ca.2H/c1-9(2)6-11(5)8-12(7-10(3)4)16-17(13,14)15;;;/h9-12H,6-8H2,1-5H3,(H2,13,14,15);;;. The van der Waals surface area contributed by atoms with E-state index in [1.807, 2.05) is 13.8 Å². The fourth-order valence-corrected chi connectivity index (χ4v) is 2.81. The van der Waals surface area contributed by atoms with E-state index in [1.54, 1.807) is 0 Å². The summed E-state index contributed by atoms with van der Waals surface area (Å²) in [7, 11) is -4.37. The summed E-state index contributed by atoms with van der Waals surface area (Å²) in [4.78, 5) is 17.8. The summed E-state index contributed by atoms with van der Waals surface area (Å²) < 4.78 is 15.8. The van der Waals surface area contributed by atoms with Crippen molar-refractivity contribution in [3.8, 4) is 0 Å². The topological polar surface area (TPSA) is 66.8 Å². The maximum absolute atomic E-state index is 10.9. The van der Waals surface area contributed by atoms with Crippen molar-refractivity contribution in [3.05, 3.63) is 0 Å². The molecule has 0 aliphatic carbocycles. The molecule has 0 aromatic heterocycles. The Morgan fingerprint density at radius 2 is 1.39 bits per heavy atom. The van der Waals surface area contributed by atoms with Crippen LogP contribution in [0.3, 0.4) is 0 Å². The van der Waals surface area contributed by atoms with Crippen molar-refractivity contribution in [3.63, 3.8) is 0 Å². The minimum atomic E-state index is -4.37. The molecule has 0 amide bonds. The summed E-state index contributed by atoms with van der Waals surface area (Å²) in [6.45, 7) is 10.5. The van der Waals surface area contributed by atoms with Gasteiger partial charge >= 0.3 is 45.6 Å². The van der Waals surface area contributed by atoms with Gasteiger partial charge in [-0.25, -0.2) is 4.57 Å². The average Bonchev–Trinajstić information content (AvgIpc) is 1.95. The van der Waals surface area contributed by atoms with Gasteiger partial charge in [-0.1, -0.05) is 34.6 Å². The molecule has 108 valence electrons. The van der Waals surface area contributed by atoms with Gasteiger partial charge in [0.05, 0.1) is 6.10 Å². The van der Waals surface area contributed by atoms with Crippen molar-refractivity contribution in [2.24, 2.45) is 17.8 Å². The Bertz CT molecular complexity index is 252.